The van der Waals surface area contributed by atoms with Crippen LogP contribution in [-0.4, -0.2) is 33.0 Å². The van der Waals surface area contributed by atoms with Crippen LogP contribution in [0.5, 0.6) is 0 Å². The van der Waals surface area contributed by atoms with Crippen LogP contribution in [0.1, 0.15) is 17.2 Å². The van der Waals surface area contributed by atoms with Crippen molar-refractivity contribution < 1.29 is 4.79 Å². The number of nitrogens with zero attached hydrogens (tertiary/aromatic N) is 3. The van der Waals surface area contributed by atoms with Gasteiger partial charge in [-0.3, -0.25) is 9.89 Å². The van der Waals surface area contributed by atoms with Crippen molar-refractivity contribution in [1.29, 1.82) is 0 Å². The Morgan fingerprint density at radius 1 is 1.40 bits per heavy atom. The maximum atomic E-state index is 11.9. The Morgan fingerprint density at radius 3 is 2.70 bits per heavy atom. The first-order valence-electron chi connectivity index (χ1n) is 6.21. The summed E-state index contributed by atoms with van der Waals surface area (Å²) in [6.45, 7) is 2.19. The highest BCUT2D eigenvalue weighted by molar-refractivity contribution is 5.91. The summed E-state index contributed by atoms with van der Waals surface area (Å²) in [7, 11) is 1.71. The van der Waals surface area contributed by atoms with Crippen molar-refractivity contribution in [3.63, 3.8) is 0 Å². The topological polar surface area (TPSA) is 87.9 Å². The van der Waals surface area contributed by atoms with Crippen molar-refractivity contribution >= 4 is 17.7 Å². The number of nitrogens with one attached hydrogen (secondary N) is 1. The van der Waals surface area contributed by atoms with E-state index in [2.05, 4.69) is 15.2 Å². The van der Waals surface area contributed by atoms with Gasteiger partial charge in [-0.05, 0) is 30.7 Å². The number of rotatable bonds is 4. The standard InChI is InChI=1S/C14H17N5O/c1-10-16-13(18-17-10)9-19(2)14(20)8-5-11-3-6-12(15)7-4-11/h3-8H,9,15H2,1-2H3,(H,16,17,18)/b8-5+. The van der Waals surface area contributed by atoms with E-state index in [9.17, 15) is 4.79 Å². The van der Waals surface area contributed by atoms with Crippen LogP contribution < -0.4 is 5.73 Å². The minimum absolute atomic E-state index is 0.107. The molecule has 0 aliphatic carbocycles. The van der Waals surface area contributed by atoms with Gasteiger partial charge in [0.2, 0.25) is 5.91 Å². The second-order valence-corrected chi connectivity index (χ2v) is 4.53. The number of hydrogen-bond acceptors (Lipinski definition) is 4. The average molecular weight is 271 g/mol. The molecule has 1 aromatic heterocycles. The van der Waals surface area contributed by atoms with E-state index in [-0.39, 0.29) is 5.91 Å². The number of amides is 1. The van der Waals surface area contributed by atoms with Gasteiger partial charge in [-0.15, -0.1) is 0 Å². The van der Waals surface area contributed by atoms with E-state index in [1.807, 2.05) is 19.1 Å². The monoisotopic (exact) mass is 271 g/mol. The molecule has 0 spiro atoms. The predicted molar refractivity (Wildman–Crippen MR) is 77.5 cm³/mol. The van der Waals surface area contributed by atoms with Crippen LogP contribution in [-0.2, 0) is 11.3 Å². The number of nitrogens with two attached hydrogens (primary N) is 1. The van der Waals surface area contributed by atoms with Crippen molar-refractivity contribution in [1.82, 2.24) is 20.1 Å². The molecule has 0 bridgehead atoms. The lowest BCUT2D eigenvalue weighted by atomic mass is 10.2. The summed E-state index contributed by atoms with van der Waals surface area (Å²) >= 11 is 0. The molecule has 0 radical (unpaired) electrons. The Labute approximate surface area is 117 Å². The van der Waals surface area contributed by atoms with E-state index in [4.69, 9.17) is 5.73 Å². The molecule has 20 heavy (non-hydrogen) atoms. The summed E-state index contributed by atoms with van der Waals surface area (Å²) in [5.41, 5.74) is 7.23. The number of aryl methyl sites for hydroxylation is 1. The molecule has 2 aromatic rings. The third-order valence-corrected chi connectivity index (χ3v) is 2.75. The normalized spacial score (nSPS) is 10.9. The van der Waals surface area contributed by atoms with E-state index in [0.717, 1.165) is 11.4 Å². The first-order valence-corrected chi connectivity index (χ1v) is 6.21. The molecule has 1 heterocycles. The molecule has 6 nitrogen and oxygen atoms in total. The van der Waals surface area contributed by atoms with Crippen LogP contribution >= 0.6 is 0 Å². The van der Waals surface area contributed by atoms with Gasteiger partial charge in [0, 0.05) is 18.8 Å². The van der Waals surface area contributed by atoms with Gasteiger partial charge in [0.1, 0.15) is 5.82 Å². The van der Waals surface area contributed by atoms with E-state index in [1.165, 1.54) is 6.08 Å². The lowest BCUT2D eigenvalue weighted by molar-refractivity contribution is -0.125. The smallest absolute Gasteiger partial charge is 0.246 e. The van der Waals surface area contributed by atoms with Crippen LogP contribution in [0.3, 0.4) is 0 Å². The number of hydrogen-bond donors (Lipinski definition) is 2. The molecule has 0 saturated carbocycles. The van der Waals surface area contributed by atoms with Crippen LogP contribution in [0.4, 0.5) is 5.69 Å². The summed E-state index contributed by atoms with van der Waals surface area (Å²) < 4.78 is 0. The SMILES string of the molecule is Cc1nc(CN(C)C(=O)/C=C/c2ccc(N)cc2)n[nH]1. The lowest BCUT2D eigenvalue weighted by Gasteiger charge is -2.12. The van der Waals surface area contributed by atoms with E-state index in [0.29, 0.717) is 18.1 Å². The van der Waals surface area contributed by atoms with Gasteiger partial charge in [0.25, 0.3) is 0 Å². The molecule has 1 amide bonds. The van der Waals surface area contributed by atoms with Crippen molar-refractivity contribution in [2.24, 2.45) is 0 Å². The number of carbonyl (C=O) groups is 1. The molecule has 6 heteroatoms. The molecule has 0 atom stereocenters. The molecular weight excluding hydrogens is 254 g/mol. The maximum absolute atomic E-state index is 11.9. The minimum Gasteiger partial charge on any atom is -0.399 e. The third kappa shape index (κ3) is 3.68. The molecule has 3 N–H and O–H groups in total. The van der Waals surface area contributed by atoms with Gasteiger partial charge in [-0.2, -0.15) is 5.10 Å². The summed E-state index contributed by atoms with van der Waals surface area (Å²) in [4.78, 5) is 17.7. The van der Waals surface area contributed by atoms with Crippen LogP contribution in [0.2, 0.25) is 0 Å². The molecule has 0 aliphatic rings. The Bertz CT molecular complexity index is 615. The maximum Gasteiger partial charge on any atom is 0.246 e. The van der Waals surface area contributed by atoms with Gasteiger partial charge in [-0.25, -0.2) is 4.98 Å². The second-order valence-electron chi connectivity index (χ2n) is 4.53. The van der Waals surface area contributed by atoms with Crippen LogP contribution in [0, 0.1) is 6.92 Å². The molecule has 1 aromatic carbocycles. The summed E-state index contributed by atoms with van der Waals surface area (Å²) in [6, 6.07) is 7.31. The first-order chi connectivity index (χ1) is 9.54. The van der Waals surface area contributed by atoms with E-state index in [1.54, 1.807) is 30.2 Å². The van der Waals surface area contributed by atoms with Crippen molar-refractivity contribution in [3.05, 3.63) is 47.6 Å². The largest absolute Gasteiger partial charge is 0.399 e. The summed E-state index contributed by atoms with van der Waals surface area (Å²) in [5.74, 6) is 1.22. The fourth-order valence-corrected chi connectivity index (χ4v) is 1.65. The summed E-state index contributed by atoms with van der Waals surface area (Å²) in [5, 5.41) is 6.75. The van der Waals surface area contributed by atoms with Crippen LogP contribution in [0.25, 0.3) is 6.08 Å². The quantitative estimate of drug-likeness (QED) is 0.649. The highest BCUT2D eigenvalue weighted by Gasteiger charge is 2.08. The van der Waals surface area contributed by atoms with E-state index >= 15 is 0 Å². The summed E-state index contributed by atoms with van der Waals surface area (Å²) in [6.07, 6.45) is 3.27. The molecule has 0 unspecified atom stereocenters. The average Bonchev–Trinajstić information content (AvgIpc) is 2.83. The second kappa shape index (κ2) is 6.01. The number of likely N-dealkylation sites (N-methyl/N-ethyl adjacent to an activating group) is 1. The van der Waals surface area contributed by atoms with Crippen LogP contribution in [0.15, 0.2) is 30.3 Å². The molecule has 0 saturated heterocycles. The molecule has 0 aliphatic heterocycles. The van der Waals surface area contributed by atoms with Crippen molar-refractivity contribution in [2.45, 2.75) is 13.5 Å². The number of aromatic nitrogens is 3. The lowest BCUT2D eigenvalue weighted by Crippen LogP contribution is -2.24. The zero-order valence-electron chi connectivity index (χ0n) is 11.5. The fourth-order valence-electron chi connectivity index (χ4n) is 1.65. The number of aromatic amines is 1. The minimum atomic E-state index is -0.107. The van der Waals surface area contributed by atoms with Gasteiger partial charge in [0.05, 0.1) is 6.54 Å². The van der Waals surface area contributed by atoms with Gasteiger partial charge in [0.15, 0.2) is 5.82 Å². The number of benzene rings is 1. The Hall–Kier alpha value is -2.63. The molecule has 2 rings (SSSR count). The zero-order chi connectivity index (χ0) is 14.5. The highest BCUT2D eigenvalue weighted by Crippen LogP contribution is 2.07. The van der Waals surface area contributed by atoms with Gasteiger partial charge < -0.3 is 10.6 Å². The van der Waals surface area contributed by atoms with Gasteiger partial charge in [-0.1, -0.05) is 12.1 Å². The van der Waals surface area contributed by atoms with Crippen molar-refractivity contribution in [2.75, 3.05) is 12.8 Å². The van der Waals surface area contributed by atoms with E-state index < -0.39 is 0 Å². The predicted octanol–water partition coefficient (Wildman–Crippen LogP) is 1.37. The molecule has 104 valence electrons. The molecular formula is C14H17N5O. The molecule has 0 fully saturated rings. The fraction of sp³-hybridized carbons (Fsp3) is 0.214. The van der Waals surface area contributed by atoms with Crippen molar-refractivity contribution in [3.8, 4) is 0 Å². The number of carbonyl (C=O) groups excluding carboxylic acids is 1. The zero-order valence-corrected chi connectivity index (χ0v) is 11.5. The Kier molecular flexibility index (Phi) is 4.14. The first kappa shape index (κ1) is 13.8. The number of anilines is 1. The Balaban J connectivity index is 1.95. The number of nitrogen functional groups attached to an aromatic ring is 1. The third-order valence-electron chi connectivity index (χ3n) is 2.75. The van der Waals surface area contributed by atoms with Gasteiger partial charge >= 0.3 is 0 Å². The highest BCUT2D eigenvalue weighted by atomic mass is 16.2. The number of H-pyrrole nitrogens is 1. The Morgan fingerprint density at radius 2 is 2.10 bits per heavy atom.